The van der Waals surface area contributed by atoms with E-state index in [0.29, 0.717) is 6.61 Å². The number of nitrogens with zero attached hydrogens (tertiary/aromatic N) is 1. The third-order valence-electron chi connectivity index (χ3n) is 2.12. The van der Waals surface area contributed by atoms with Gasteiger partial charge in [-0.05, 0) is 19.1 Å². The van der Waals surface area contributed by atoms with Crippen LogP contribution >= 0.6 is 11.3 Å². The van der Waals surface area contributed by atoms with E-state index in [4.69, 9.17) is 4.74 Å². The molecule has 78 valence electrons. The van der Waals surface area contributed by atoms with Gasteiger partial charge in [0.25, 0.3) is 0 Å². The molecular formula is C12H13NOS. The zero-order valence-electron chi connectivity index (χ0n) is 8.64. The number of hydrogen-bond acceptors (Lipinski definition) is 3. The van der Waals surface area contributed by atoms with Gasteiger partial charge in [0.1, 0.15) is 11.1 Å². The Morgan fingerprint density at radius 2 is 2.33 bits per heavy atom. The van der Waals surface area contributed by atoms with Gasteiger partial charge >= 0.3 is 0 Å². The van der Waals surface area contributed by atoms with Gasteiger partial charge in [-0.2, -0.15) is 0 Å². The lowest BCUT2D eigenvalue weighted by Crippen LogP contribution is -1.98. The Bertz CT molecular complexity index is 430. The van der Waals surface area contributed by atoms with E-state index >= 15 is 0 Å². The van der Waals surface area contributed by atoms with Crippen LogP contribution in [-0.2, 0) is 4.74 Å². The number of para-hydroxylation sites is 1. The Labute approximate surface area is 93.2 Å². The van der Waals surface area contributed by atoms with Crippen molar-refractivity contribution < 1.29 is 4.74 Å². The summed E-state index contributed by atoms with van der Waals surface area (Å²) in [6.45, 7) is 6.21. The van der Waals surface area contributed by atoms with Gasteiger partial charge < -0.3 is 4.74 Å². The summed E-state index contributed by atoms with van der Waals surface area (Å²) in [7, 11) is 0. The number of ether oxygens (including phenoxy) is 1. The quantitative estimate of drug-likeness (QED) is 0.733. The van der Waals surface area contributed by atoms with Crippen molar-refractivity contribution >= 4 is 21.6 Å². The zero-order valence-corrected chi connectivity index (χ0v) is 9.46. The minimum Gasteiger partial charge on any atom is -0.367 e. The molecule has 2 rings (SSSR count). The van der Waals surface area contributed by atoms with Gasteiger partial charge in [-0.25, -0.2) is 4.98 Å². The second-order valence-corrected chi connectivity index (χ2v) is 4.35. The van der Waals surface area contributed by atoms with Crippen molar-refractivity contribution in [2.75, 3.05) is 6.61 Å². The van der Waals surface area contributed by atoms with E-state index in [1.54, 1.807) is 17.4 Å². The lowest BCUT2D eigenvalue weighted by atomic mass is 10.3. The Hall–Kier alpha value is -1.19. The number of fused-ring (bicyclic) bond motifs is 1. The molecular weight excluding hydrogens is 206 g/mol. The molecule has 0 aliphatic rings. The van der Waals surface area contributed by atoms with Crippen LogP contribution in [0.5, 0.6) is 0 Å². The summed E-state index contributed by atoms with van der Waals surface area (Å²) < 4.78 is 6.75. The van der Waals surface area contributed by atoms with E-state index in [-0.39, 0.29) is 6.10 Å². The van der Waals surface area contributed by atoms with E-state index in [1.807, 2.05) is 25.1 Å². The maximum absolute atomic E-state index is 5.54. The highest BCUT2D eigenvalue weighted by atomic mass is 32.1. The summed E-state index contributed by atoms with van der Waals surface area (Å²) in [5.74, 6) is 0. The molecule has 2 nitrogen and oxygen atoms in total. The summed E-state index contributed by atoms with van der Waals surface area (Å²) in [5.41, 5.74) is 1.05. The SMILES string of the molecule is C=CCOC(C)c1nc2ccccc2s1. The largest absolute Gasteiger partial charge is 0.367 e. The van der Waals surface area contributed by atoms with E-state index in [9.17, 15) is 0 Å². The first-order chi connectivity index (χ1) is 7.31. The molecule has 0 radical (unpaired) electrons. The minimum absolute atomic E-state index is 0.0420. The van der Waals surface area contributed by atoms with E-state index in [2.05, 4.69) is 17.6 Å². The van der Waals surface area contributed by atoms with Crippen LogP contribution in [0.2, 0.25) is 0 Å². The number of aromatic nitrogens is 1. The van der Waals surface area contributed by atoms with Crippen molar-refractivity contribution in [2.24, 2.45) is 0 Å². The molecule has 3 heteroatoms. The average Bonchev–Trinajstić information content (AvgIpc) is 2.69. The van der Waals surface area contributed by atoms with Crippen LogP contribution in [0.3, 0.4) is 0 Å². The maximum atomic E-state index is 5.54. The standard InChI is InChI=1S/C12H13NOS/c1-3-8-14-9(2)12-13-10-6-4-5-7-11(10)15-12/h3-7,9H,1,8H2,2H3. The van der Waals surface area contributed by atoms with Crippen LogP contribution in [0.1, 0.15) is 18.0 Å². The molecule has 0 aliphatic carbocycles. The molecule has 1 heterocycles. The zero-order chi connectivity index (χ0) is 10.7. The maximum Gasteiger partial charge on any atom is 0.123 e. The van der Waals surface area contributed by atoms with Crippen molar-refractivity contribution in [3.8, 4) is 0 Å². The van der Waals surface area contributed by atoms with Gasteiger partial charge in [0.05, 0.1) is 16.8 Å². The Morgan fingerprint density at radius 1 is 1.53 bits per heavy atom. The highest BCUT2D eigenvalue weighted by Crippen LogP contribution is 2.27. The van der Waals surface area contributed by atoms with Crippen LogP contribution in [0, 0.1) is 0 Å². The molecule has 1 unspecified atom stereocenters. The summed E-state index contributed by atoms with van der Waals surface area (Å²) in [6.07, 6.45) is 1.80. The van der Waals surface area contributed by atoms with Crippen molar-refractivity contribution in [3.63, 3.8) is 0 Å². The lowest BCUT2D eigenvalue weighted by molar-refractivity contribution is 0.0887. The van der Waals surface area contributed by atoms with Crippen molar-refractivity contribution in [2.45, 2.75) is 13.0 Å². The molecule has 1 atom stereocenters. The number of benzene rings is 1. The minimum atomic E-state index is 0.0420. The van der Waals surface area contributed by atoms with Crippen LogP contribution in [0.4, 0.5) is 0 Å². The Morgan fingerprint density at radius 3 is 3.07 bits per heavy atom. The van der Waals surface area contributed by atoms with E-state index in [1.165, 1.54) is 4.70 Å². The molecule has 0 saturated heterocycles. The van der Waals surface area contributed by atoms with Crippen molar-refractivity contribution in [1.29, 1.82) is 0 Å². The van der Waals surface area contributed by atoms with Crippen molar-refractivity contribution in [3.05, 3.63) is 41.9 Å². The first kappa shape index (κ1) is 10.3. The molecule has 0 bridgehead atoms. The molecule has 0 saturated carbocycles. The van der Waals surface area contributed by atoms with Gasteiger partial charge in [0.15, 0.2) is 0 Å². The highest BCUT2D eigenvalue weighted by Gasteiger charge is 2.10. The van der Waals surface area contributed by atoms with Gasteiger partial charge in [0, 0.05) is 0 Å². The molecule has 0 aliphatic heterocycles. The summed E-state index contributed by atoms with van der Waals surface area (Å²) in [6, 6.07) is 8.13. The van der Waals surface area contributed by atoms with Gasteiger partial charge in [-0.3, -0.25) is 0 Å². The molecule has 0 spiro atoms. The number of rotatable bonds is 4. The first-order valence-corrected chi connectivity index (χ1v) is 5.71. The summed E-state index contributed by atoms with van der Waals surface area (Å²) >= 11 is 1.69. The summed E-state index contributed by atoms with van der Waals surface area (Å²) in [4.78, 5) is 4.52. The molecule has 15 heavy (non-hydrogen) atoms. The lowest BCUT2D eigenvalue weighted by Gasteiger charge is -2.06. The van der Waals surface area contributed by atoms with Crippen LogP contribution < -0.4 is 0 Å². The van der Waals surface area contributed by atoms with Gasteiger partial charge in [-0.15, -0.1) is 17.9 Å². The van der Waals surface area contributed by atoms with Gasteiger partial charge in [0.2, 0.25) is 0 Å². The first-order valence-electron chi connectivity index (χ1n) is 4.89. The molecule has 0 N–H and O–H groups in total. The fourth-order valence-corrected chi connectivity index (χ4v) is 2.32. The van der Waals surface area contributed by atoms with E-state index in [0.717, 1.165) is 10.5 Å². The molecule has 0 amide bonds. The number of hydrogen-bond donors (Lipinski definition) is 0. The second-order valence-electron chi connectivity index (χ2n) is 3.28. The van der Waals surface area contributed by atoms with Crippen LogP contribution in [0.15, 0.2) is 36.9 Å². The fourth-order valence-electron chi connectivity index (χ4n) is 1.35. The number of thiazole rings is 1. The predicted octanol–water partition coefficient (Wildman–Crippen LogP) is 3.56. The second kappa shape index (κ2) is 4.55. The third kappa shape index (κ3) is 2.25. The average molecular weight is 219 g/mol. The smallest absolute Gasteiger partial charge is 0.123 e. The topological polar surface area (TPSA) is 22.1 Å². The Kier molecular flexibility index (Phi) is 3.14. The van der Waals surface area contributed by atoms with Crippen molar-refractivity contribution in [1.82, 2.24) is 4.98 Å². The van der Waals surface area contributed by atoms with Crippen LogP contribution in [0.25, 0.3) is 10.2 Å². The third-order valence-corrected chi connectivity index (χ3v) is 3.32. The highest BCUT2D eigenvalue weighted by molar-refractivity contribution is 7.18. The molecule has 0 fully saturated rings. The summed E-state index contributed by atoms with van der Waals surface area (Å²) in [5, 5.41) is 1.03. The normalized spacial score (nSPS) is 12.9. The molecule has 1 aromatic carbocycles. The fraction of sp³-hybridized carbons (Fsp3) is 0.250. The van der Waals surface area contributed by atoms with Gasteiger partial charge in [-0.1, -0.05) is 18.2 Å². The molecule has 1 aromatic heterocycles. The van der Waals surface area contributed by atoms with E-state index < -0.39 is 0 Å². The Balaban J connectivity index is 2.24. The van der Waals surface area contributed by atoms with Crippen LogP contribution in [-0.4, -0.2) is 11.6 Å². The monoisotopic (exact) mass is 219 g/mol. The predicted molar refractivity (Wildman–Crippen MR) is 64.2 cm³/mol. The molecule has 2 aromatic rings.